The fourth-order valence-electron chi connectivity index (χ4n) is 3.03. The van der Waals surface area contributed by atoms with Crippen molar-refractivity contribution in [1.29, 1.82) is 0 Å². The van der Waals surface area contributed by atoms with E-state index in [1.165, 1.54) is 31.4 Å². The van der Waals surface area contributed by atoms with Crippen LogP contribution in [0.15, 0.2) is 24.3 Å². The molecule has 1 aromatic carbocycles. The molecule has 3 rings (SSSR count). The number of rotatable bonds is 2. The highest BCUT2D eigenvalue weighted by Crippen LogP contribution is 2.34. The maximum absolute atomic E-state index is 10.6. The van der Waals surface area contributed by atoms with Crippen molar-refractivity contribution in [2.75, 3.05) is 6.54 Å². The molecule has 2 fully saturated rings. The standard InChI is InChI=1S/C14H18N2O3/c17-16(18)12-7-5-10(6-8-12)14-15-9-11-3-1-2-4-13(11)19-14/h5-8,11,13-15H,1-4,9H2/t11-,13-,14+/m1/s1. The Hall–Kier alpha value is -1.46. The summed E-state index contributed by atoms with van der Waals surface area (Å²) < 4.78 is 6.10. The fourth-order valence-corrected chi connectivity index (χ4v) is 3.03. The minimum atomic E-state index is -0.379. The third-order valence-electron chi connectivity index (χ3n) is 4.12. The van der Waals surface area contributed by atoms with Crippen molar-refractivity contribution >= 4 is 5.69 Å². The van der Waals surface area contributed by atoms with Crippen LogP contribution in [0.1, 0.15) is 37.5 Å². The quantitative estimate of drug-likeness (QED) is 0.657. The Morgan fingerprint density at radius 3 is 2.68 bits per heavy atom. The molecule has 1 aliphatic carbocycles. The molecule has 1 N–H and O–H groups in total. The summed E-state index contributed by atoms with van der Waals surface area (Å²) in [6.07, 6.45) is 5.14. The Labute approximate surface area is 112 Å². The Morgan fingerprint density at radius 1 is 1.21 bits per heavy atom. The predicted octanol–water partition coefficient (Wildman–Crippen LogP) is 2.77. The molecule has 0 spiro atoms. The third-order valence-corrected chi connectivity index (χ3v) is 4.12. The zero-order valence-electron chi connectivity index (χ0n) is 10.7. The number of hydrogen-bond acceptors (Lipinski definition) is 4. The summed E-state index contributed by atoms with van der Waals surface area (Å²) in [4.78, 5) is 10.3. The molecule has 5 nitrogen and oxygen atoms in total. The van der Waals surface area contributed by atoms with Crippen molar-refractivity contribution in [3.8, 4) is 0 Å². The number of fused-ring (bicyclic) bond motifs is 1. The molecule has 0 aromatic heterocycles. The largest absolute Gasteiger partial charge is 0.356 e. The molecule has 0 radical (unpaired) electrons. The van der Waals surface area contributed by atoms with Crippen LogP contribution >= 0.6 is 0 Å². The van der Waals surface area contributed by atoms with Gasteiger partial charge in [0, 0.05) is 18.7 Å². The van der Waals surface area contributed by atoms with Gasteiger partial charge in [0.2, 0.25) is 0 Å². The van der Waals surface area contributed by atoms with E-state index >= 15 is 0 Å². The van der Waals surface area contributed by atoms with E-state index in [4.69, 9.17) is 4.74 Å². The first kappa shape index (κ1) is 12.6. The summed E-state index contributed by atoms with van der Waals surface area (Å²) in [5.41, 5.74) is 1.09. The highest BCUT2D eigenvalue weighted by molar-refractivity contribution is 5.33. The molecule has 3 atom stereocenters. The molecule has 102 valence electrons. The number of nitro groups is 1. The maximum atomic E-state index is 10.6. The van der Waals surface area contributed by atoms with Gasteiger partial charge < -0.3 is 4.74 Å². The first-order valence-corrected chi connectivity index (χ1v) is 6.87. The van der Waals surface area contributed by atoms with Gasteiger partial charge in [0.1, 0.15) is 6.23 Å². The van der Waals surface area contributed by atoms with Gasteiger partial charge in [-0.2, -0.15) is 0 Å². The van der Waals surface area contributed by atoms with E-state index in [-0.39, 0.29) is 16.8 Å². The normalized spacial score (nSPS) is 30.6. The third kappa shape index (κ3) is 2.62. The summed E-state index contributed by atoms with van der Waals surface area (Å²) in [7, 11) is 0. The molecule has 19 heavy (non-hydrogen) atoms. The average Bonchev–Trinajstić information content (AvgIpc) is 2.47. The second-order valence-corrected chi connectivity index (χ2v) is 5.36. The lowest BCUT2D eigenvalue weighted by molar-refractivity contribution is -0.384. The lowest BCUT2D eigenvalue weighted by Gasteiger charge is -2.40. The van der Waals surface area contributed by atoms with Gasteiger partial charge >= 0.3 is 0 Å². The number of ether oxygens (including phenoxy) is 1. The van der Waals surface area contributed by atoms with Crippen molar-refractivity contribution in [1.82, 2.24) is 5.32 Å². The van der Waals surface area contributed by atoms with E-state index in [0.29, 0.717) is 12.0 Å². The Balaban J connectivity index is 1.70. The molecule has 1 aliphatic heterocycles. The molecule has 2 aliphatic rings. The van der Waals surface area contributed by atoms with Gasteiger partial charge in [0.25, 0.3) is 5.69 Å². The van der Waals surface area contributed by atoms with Crippen molar-refractivity contribution in [3.05, 3.63) is 39.9 Å². The van der Waals surface area contributed by atoms with Gasteiger partial charge in [-0.15, -0.1) is 0 Å². The second-order valence-electron chi connectivity index (χ2n) is 5.36. The minimum absolute atomic E-state index is 0.120. The molecule has 1 saturated carbocycles. The Morgan fingerprint density at radius 2 is 1.95 bits per heavy atom. The van der Waals surface area contributed by atoms with Crippen molar-refractivity contribution in [2.24, 2.45) is 5.92 Å². The molecular formula is C14H18N2O3. The molecule has 1 saturated heterocycles. The monoisotopic (exact) mass is 262 g/mol. The number of nitrogens with zero attached hydrogens (tertiary/aromatic N) is 1. The van der Waals surface area contributed by atoms with Gasteiger partial charge in [-0.1, -0.05) is 12.8 Å². The lowest BCUT2D eigenvalue weighted by atomic mass is 9.85. The highest BCUT2D eigenvalue weighted by atomic mass is 16.6. The molecule has 1 aromatic rings. The summed E-state index contributed by atoms with van der Waals surface area (Å²) in [5.74, 6) is 0.628. The number of non-ortho nitro benzene ring substituents is 1. The zero-order valence-corrected chi connectivity index (χ0v) is 10.7. The van der Waals surface area contributed by atoms with Crippen LogP contribution in [-0.4, -0.2) is 17.6 Å². The Bertz CT molecular complexity index is 460. The van der Waals surface area contributed by atoms with E-state index in [0.717, 1.165) is 18.5 Å². The van der Waals surface area contributed by atoms with Crippen LogP contribution in [0.3, 0.4) is 0 Å². The van der Waals surface area contributed by atoms with E-state index in [1.54, 1.807) is 12.1 Å². The lowest BCUT2D eigenvalue weighted by Crippen LogP contribution is -2.45. The second kappa shape index (κ2) is 5.27. The SMILES string of the molecule is O=[N+]([O-])c1ccc([C@H]2NC[C@H]3CCCC[C@H]3O2)cc1. The van der Waals surface area contributed by atoms with Gasteiger partial charge in [0.15, 0.2) is 0 Å². The molecule has 5 heteroatoms. The molecular weight excluding hydrogens is 244 g/mol. The van der Waals surface area contributed by atoms with Crippen molar-refractivity contribution < 1.29 is 9.66 Å². The summed E-state index contributed by atoms with van der Waals surface area (Å²) >= 11 is 0. The fraction of sp³-hybridized carbons (Fsp3) is 0.571. The molecule has 0 bridgehead atoms. The zero-order chi connectivity index (χ0) is 13.2. The van der Waals surface area contributed by atoms with Crippen LogP contribution in [0.25, 0.3) is 0 Å². The van der Waals surface area contributed by atoms with E-state index in [2.05, 4.69) is 5.32 Å². The summed E-state index contributed by atoms with van der Waals surface area (Å²) in [6.45, 7) is 0.978. The topological polar surface area (TPSA) is 64.4 Å². The van der Waals surface area contributed by atoms with Crippen molar-refractivity contribution in [2.45, 2.75) is 38.0 Å². The molecule has 0 unspecified atom stereocenters. The van der Waals surface area contributed by atoms with Gasteiger partial charge in [-0.05, 0) is 36.5 Å². The van der Waals surface area contributed by atoms with Crippen LogP contribution in [0.5, 0.6) is 0 Å². The Kier molecular flexibility index (Phi) is 3.48. The number of nitro benzene ring substituents is 1. The minimum Gasteiger partial charge on any atom is -0.356 e. The first-order chi connectivity index (χ1) is 9.24. The number of benzene rings is 1. The van der Waals surface area contributed by atoms with Crippen LogP contribution in [0.2, 0.25) is 0 Å². The molecule has 0 amide bonds. The average molecular weight is 262 g/mol. The van der Waals surface area contributed by atoms with Crippen LogP contribution in [0.4, 0.5) is 5.69 Å². The van der Waals surface area contributed by atoms with Crippen LogP contribution in [0, 0.1) is 16.0 Å². The van der Waals surface area contributed by atoms with E-state index in [1.807, 2.05) is 0 Å². The molecule has 1 heterocycles. The van der Waals surface area contributed by atoms with Gasteiger partial charge in [-0.3, -0.25) is 15.4 Å². The van der Waals surface area contributed by atoms with Crippen LogP contribution in [-0.2, 0) is 4.74 Å². The van der Waals surface area contributed by atoms with Gasteiger partial charge in [0.05, 0.1) is 11.0 Å². The number of nitrogens with one attached hydrogen (secondary N) is 1. The van der Waals surface area contributed by atoms with E-state index in [9.17, 15) is 10.1 Å². The van der Waals surface area contributed by atoms with Crippen molar-refractivity contribution in [3.63, 3.8) is 0 Å². The highest BCUT2D eigenvalue weighted by Gasteiger charge is 2.33. The predicted molar refractivity (Wildman–Crippen MR) is 70.7 cm³/mol. The maximum Gasteiger partial charge on any atom is 0.269 e. The summed E-state index contributed by atoms with van der Waals surface area (Å²) in [5, 5.41) is 14.0. The first-order valence-electron chi connectivity index (χ1n) is 6.87. The van der Waals surface area contributed by atoms with E-state index < -0.39 is 0 Å². The summed E-state index contributed by atoms with van der Waals surface area (Å²) in [6, 6.07) is 6.62. The number of hydrogen-bond donors (Lipinski definition) is 1. The van der Waals surface area contributed by atoms with Crippen LogP contribution < -0.4 is 5.32 Å². The smallest absolute Gasteiger partial charge is 0.269 e. The van der Waals surface area contributed by atoms with Gasteiger partial charge in [-0.25, -0.2) is 0 Å².